The van der Waals surface area contributed by atoms with Gasteiger partial charge in [-0.2, -0.15) is 0 Å². The van der Waals surface area contributed by atoms with E-state index in [1.54, 1.807) is 41.5 Å². The second-order valence-corrected chi connectivity index (χ2v) is 15.7. The molecule has 1 aliphatic rings. The summed E-state index contributed by atoms with van der Waals surface area (Å²) in [5.74, 6) is -0.352. The normalized spacial score (nSPS) is 30.3. The minimum atomic E-state index is -4.47. The van der Waals surface area contributed by atoms with Crippen LogP contribution in [0.3, 0.4) is 0 Å². The number of rotatable bonds is 10. The molecule has 1 aliphatic heterocycles. The van der Waals surface area contributed by atoms with Crippen molar-refractivity contribution in [1.29, 1.82) is 0 Å². The van der Waals surface area contributed by atoms with Crippen molar-refractivity contribution in [3.8, 4) is 0 Å². The Morgan fingerprint density at radius 3 is 1.97 bits per heavy atom. The number of hydrogen-bond acceptors (Lipinski definition) is 7. The average molecular weight is 482 g/mol. The third kappa shape index (κ3) is 5.86. The highest BCUT2D eigenvalue weighted by atomic mass is 31.2. The first-order chi connectivity index (χ1) is 13.5. The molecule has 0 aliphatic carbocycles. The summed E-state index contributed by atoms with van der Waals surface area (Å²) < 4.78 is 44.2. The van der Waals surface area contributed by atoms with Crippen LogP contribution in [0.1, 0.15) is 75.2 Å². The lowest BCUT2D eigenvalue weighted by atomic mass is 9.85. The molecule has 0 aromatic heterocycles. The van der Waals surface area contributed by atoms with Crippen LogP contribution in [0.25, 0.3) is 0 Å². The van der Waals surface area contributed by atoms with Crippen LogP contribution in [0.5, 0.6) is 0 Å². The molecule has 1 fully saturated rings. The first kappa shape index (κ1) is 29.3. The molecule has 0 amide bonds. The summed E-state index contributed by atoms with van der Waals surface area (Å²) >= 11 is 0. The molecule has 0 aromatic rings. The third-order valence-electron chi connectivity index (χ3n) is 7.11. The van der Waals surface area contributed by atoms with Crippen molar-refractivity contribution >= 4 is 22.8 Å². The Bertz CT molecular complexity index is 735. The highest BCUT2D eigenvalue weighted by Crippen LogP contribution is 2.68. The van der Waals surface area contributed by atoms with Crippen molar-refractivity contribution in [2.24, 2.45) is 5.92 Å². The summed E-state index contributed by atoms with van der Waals surface area (Å²) in [5.41, 5.74) is -2.37. The lowest BCUT2D eigenvalue weighted by Gasteiger charge is -2.50. The molecule has 2 radical (unpaired) electrons. The number of ether oxygens (including phenoxy) is 1. The van der Waals surface area contributed by atoms with Gasteiger partial charge in [-0.1, -0.05) is 13.8 Å². The Labute approximate surface area is 188 Å². The van der Waals surface area contributed by atoms with Gasteiger partial charge in [-0.3, -0.25) is 13.7 Å². The number of hydrogen-bond donors (Lipinski definition) is 3. The quantitative estimate of drug-likeness (QED) is 0.317. The lowest BCUT2D eigenvalue weighted by Crippen LogP contribution is -2.51. The van der Waals surface area contributed by atoms with Crippen molar-refractivity contribution in [3.05, 3.63) is 0 Å². The van der Waals surface area contributed by atoms with Gasteiger partial charge in [0.1, 0.15) is 7.85 Å². The van der Waals surface area contributed by atoms with Gasteiger partial charge < -0.3 is 24.4 Å². The van der Waals surface area contributed by atoms with E-state index < -0.39 is 54.9 Å². The van der Waals surface area contributed by atoms with E-state index in [1.165, 1.54) is 20.5 Å². The molecule has 1 rings (SSSR count). The Morgan fingerprint density at radius 2 is 1.61 bits per heavy atom. The predicted octanol–water partition coefficient (Wildman–Crippen LogP) is 3.85. The molecule has 0 aromatic carbocycles. The summed E-state index contributed by atoms with van der Waals surface area (Å²) in [4.78, 5) is 10.3. The first-order valence-corrected chi connectivity index (χ1v) is 14.3. The van der Waals surface area contributed by atoms with Gasteiger partial charge in [-0.05, 0) is 61.3 Å². The van der Waals surface area contributed by atoms with Crippen molar-refractivity contribution in [2.75, 3.05) is 6.66 Å². The molecule has 0 spiro atoms. The molecule has 8 nitrogen and oxygen atoms in total. The van der Waals surface area contributed by atoms with E-state index >= 15 is 0 Å². The van der Waals surface area contributed by atoms with Crippen LogP contribution < -0.4 is 0 Å². The third-order valence-corrected chi connectivity index (χ3v) is 12.7. The lowest BCUT2D eigenvalue weighted by molar-refractivity contribution is -0.0709. The van der Waals surface area contributed by atoms with Gasteiger partial charge in [-0.15, -0.1) is 0 Å². The first-order valence-electron chi connectivity index (χ1n) is 10.7. The second kappa shape index (κ2) is 9.15. The van der Waals surface area contributed by atoms with E-state index in [1.807, 2.05) is 6.92 Å². The summed E-state index contributed by atoms with van der Waals surface area (Å²) in [7, 11) is -2.20. The van der Waals surface area contributed by atoms with E-state index in [0.29, 0.717) is 12.8 Å². The number of aliphatic hydroxyl groups excluding tert-OH is 1. The van der Waals surface area contributed by atoms with Crippen LogP contribution in [0, 0.1) is 5.92 Å². The maximum atomic E-state index is 14.1. The molecular formula is C20H41BO8P2. The van der Waals surface area contributed by atoms with E-state index in [0.717, 1.165) is 0 Å². The Morgan fingerprint density at radius 1 is 1.13 bits per heavy atom. The minimum Gasteiger partial charge on any atom is -0.390 e. The fourth-order valence-electron chi connectivity index (χ4n) is 3.92. The largest absolute Gasteiger partial charge is 0.390 e. The Hall–Kier alpha value is 0.285. The molecule has 1 saturated heterocycles. The molecule has 31 heavy (non-hydrogen) atoms. The number of aliphatic hydroxyl groups is 2. The monoisotopic (exact) mass is 482 g/mol. The molecular weight excluding hydrogens is 441 g/mol. The zero-order chi connectivity index (χ0) is 24.8. The molecule has 1 heterocycles. The van der Waals surface area contributed by atoms with Gasteiger partial charge in [0.05, 0.1) is 28.6 Å². The average Bonchev–Trinajstić information content (AvgIpc) is 2.88. The fraction of sp³-hybridized carbons (Fsp3) is 1.00. The SMILES string of the molecule is [B]C1CC(O)C(C(C)C(C)(C)OP(C)(=O)C(C)(CC)C(C)(C)OP(=O)(O)C(C)(C)O)O1. The van der Waals surface area contributed by atoms with Gasteiger partial charge in [0.15, 0.2) is 5.34 Å². The summed E-state index contributed by atoms with van der Waals surface area (Å²) in [5, 5.41) is 17.2. The van der Waals surface area contributed by atoms with Gasteiger partial charge in [-0.25, -0.2) is 0 Å². The van der Waals surface area contributed by atoms with Gasteiger partial charge in [0.25, 0.3) is 0 Å². The van der Waals surface area contributed by atoms with Crippen LogP contribution in [-0.2, 0) is 22.9 Å². The Kier molecular flexibility index (Phi) is 8.65. The highest BCUT2D eigenvalue weighted by Gasteiger charge is 2.58. The second-order valence-electron chi connectivity index (χ2n) is 10.5. The fourth-order valence-corrected chi connectivity index (χ4v) is 7.90. The highest BCUT2D eigenvalue weighted by molar-refractivity contribution is 7.60. The minimum absolute atomic E-state index is 0.311. The van der Waals surface area contributed by atoms with Gasteiger partial charge in [0.2, 0.25) is 7.37 Å². The predicted molar refractivity (Wildman–Crippen MR) is 123 cm³/mol. The molecule has 3 N–H and O–H groups in total. The molecule has 182 valence electrons. The maximum absolute atomic E-state index is 14.1. The zero-order valence-electron chi connectivity index (χ0n) is 20.6. The Balaban J connectivity index is 3.25. The molecule has 11 heteroatoms. The summed E-state index contributed by atoms with van der Waals surface area (Å²) in [6.07, 6.45) is -0.702. The maximum Gasteiger partial charge on any atom is 0.359 e. The molecule has 0 bridgehead atoms. The topological polar surface area (TPSA) is 123 Å². The summed E-state index contributed by atoms with van der Waals surface area (Å²) in [6.45, 7) is 15.9. The van der Waals surface area contributed by atoms with E-state index in [4.69, 9.17) is 21.6 Å². The smallest absolute Gasteiger partial charge is 0.359 e. The van der Waals surface area contributed by atoms with Crippen LogP contribution >= 0.6 is 15.0 Å². The van der Waals surface area contributed by atoms with Gasteiger partial charge in [0, 0.05) is 18.6 Å². The van der Waals surface area contributed by atoms with Crippen molar-refractivity contribution in [2.45, 2.75) is 115 Å². The van der Waals surface area contributed by atoms with Crippen molar-refractivity contribution in [3.63, 3.8) is 0 Å². The van der Waals surface area contributed by atoms with Crippen LogP contribution in [0.2, 0.25) is 0 Å². The van der Waals surface area contributed by atoms with E-state index in [9.17, 15) is 24.2 Å². The van der Waals surface area contributed by atoms with Gasteiger partial charge >= 0.3 is 7.60 Å². The van der Waals surface area contributed by atoms with E-state index in [-0.39, 0.29) is 5.92 Å². The van der Waals surface area contributed by atoms with Crippen molar-refractivity contribution in [1.82, 2.24) is 0 Å². The molecule has 0 saturated carbocycles. The van der Waals surface area contributed by atoms with Crippen molar-refractivity contribution < 1.29 is 38.0 Å². The standard InChI is InChI=1S/C20H41BO8P2/c1-11-20(9,18(5,6)29-31(25,26)19(7,8)23)30(10,24)28-17(3,4)13(2)16-14(22)12-15(21)27-16/h13-16,22-23H,11-12H2,1-10H3,(H,25,26). The van der Waals surface area contributed by atoms with E-state index in [2.05, 4.69) is 0 Å². The molecule has 7 unspecified atom stereocenters. The molecule has 7 atom stereocenters. The summed E-state index contributed by atoms with van der Waals surface area (Å²) in [6, 6.07) is -0.569. The van der Waals surface area contributed by atoms with Crippen LogP contribution in [-0.4, -0.2) is 69.5 Å². The zero-order valence-corrected chi connectivity index (χ0v) is 22.4. The van der Waals surface area contributed by atoms with Crippen LogP contribution in [0.15, 0.2) is 0 Å². The van der Waals surface area contributed by atoms with Crippen LogP contribution in [0.4, 0.5) is 0 Å².